The van der Waals surface area contributed by atoms with Crippen molar-refractivity contribution >= 4 is 29.7 Å². The van der Waals surface area contributed by atoms with Crippen LogP contribution in [0.25, 0.3) is 0 Å². The maximum Gasteiger partial charge on any atom is 0.338 e. The predicted molar refractivity (Wildman–Crippen MR) is 78.3 cm³/mol. The highest BCUT2D eigenvalue weighted by molar-refractivity contribution is 8.00. The average molecular weight is 311 g/mol. The summed E-state index contributed by atoms with van der Waals surface area (Å²) < 4.78 is 0. The van der Waals surface area contributed by atoms with Crippen LogP contribution in [0.15, 0.2) is 23.4 Å². The molecule has 0 bridgehead atoms. The molecule has 21 heavy (non-hydrogen) atoms. The molecule has 8 heteroatoms. The van der Waals surface area contributed by atoms with Gasteiger partial charge in [-0.05, 0) is 18.1 Å². The zero-order valence-corrected chi connectivity index (χ0v) is 12.6. The van der Waals surface area contributed by atoms with Crippen LogP contribution in [0.4, 0.5) is 4.79 Å². The van der Waals surface area contributed by atoms with E-state index in [9.17, 15) is 14.4 Å². The number of nitrogens with zero attached hydrogens (tertiary/aromatic N) is 1. The summed E-state index contributed by atoms with van der Waals surface area (Å²) in [5, 5.41) is 13.9. The molecule has 0 radical (unpaired) electrons. The molecule has 1 aromatic rings. The van der Waals surface area contributed by atoms with E-state index in [1.54, 1.807) is 0 Å². The highest BCUT2D eigenvalue weighted by atomic mass is 32.2. The number of carbonyl (C=O) groups is 3. The van der Waals surface area contributed by atoms with Crippen molar-refractivity contribution in [2.45, 2.75) is 18.9 Å². The first-order valence-corrected chi connectivity index (χ1v) is 7.27. The smallest absolute Gasteiger partial charge is 0.338 e. The Morgan fingerprint density at radius 2 is 2.10 bits per heavy atom. The number of aromatic carboxylic acids is 1. The van der Waals surface area contributed by atoms with Gasteiger partial charge < -0.3 is 10.4 Å². The number of nitrogens with one attached hydrogen (secondary N) is 2. The van der Waals surface area contributed by atoms with Gasteiger partial charge >= 0.3 is 12.0 Å². The molecule has 0 aromatic carbocycles. The second-order valence-electron chi connectivity index (χ2n) is 4.60. The molecule has 0 aliphatic heterocycles. The van der Waals surface area contributed by atoms with E-state index in [-0.39, 0.29) is 22.3 Å². The molecule has 0 atom stereocenters. The zero-order chi connectivity index (χ0) is 15.8. The number of hydrogen-bond acceptors (Lipinski definition) is 5. The van der Waals surface area contributed by atoms with Gasteiger partial charge in [-0.2, -0.15) is 0 Å². The molecule has 0 spiro atoms. The monoisotopic (exact) mass is 311 g/mol. The van der Waals surface area contributed by atoms with Crippen molar-refractivity contribution in [3.63, 3.8) is 0 Å². The van der Waals surface area contributed by atoms with Gasteiger partial charge in [-0.1, -0.05) is 25.6 Å². The van der Waals surface area contributed by atoms with Crippen molar-refractivity contribution in [3.05, 3.63) is 23.9 Å². The highest BCUT2D eigenvalue weighted by Gasteiger charge is 2.14. The number of amides is 3. The zero-order valence-electron chi connectivity index (χ0n) is 11.8. The molecule has 7 nitrogen and oxygen atoms in total. The lowest BCUT2D eigenvalue weighted by molar-refractivity contribution is -0.117. The van der Waals surface area contributed by atoms with Gasteiger partial charge in [0.25, 0.3) is 0 Å². The van der Waals surface area contributed by atoms with Crippen molar-refractivity contribution in [1.82, 2.24) is 15.6 Å². The minimum Gasteiger partial charge on any atom is -0.478 e. The Morgan fingerprint density at radius 3 is 2.71 bits per heavy atom. The van der Waals surface area contributed by atoms with Gasteiger partial charge in [-0.25, -0.2) is 14.6 Å². The van der Waals surface area contributed by atoms with Crippen LogP contribution in [0.1, 0.15) is 24.2 Å². The molecule has 0 aliphatic rings. The fraction of sp³-hybridized carbons (Fsp3) is 0.385. The first kappa shape index (κ1) is 17.0. The minimum absolute atomic E-state index is 0.0274. The summed E-state index contributed by atoms with van der Waals surface area (Å²) in [4.78, 5) is 37.9. The number of pyridine rings is 1. The van der Waals surface area contributed by atoms with Crippen molar-refractivity contribution in [2.24, 2.45) is 5.92 Å². The summed E-state index contributed by atoms with van der Waals surface area (Å²) in [5.74, 6) is -1.43. The Balaban J connectivity index is 2.47. The minimum atomic E-state index is -1.11. The Morgan fingerprint density at radius 1 is 1.38 bits per heavy atom. The molecule has 0 fully saturated rings. The largest absolute Gasteiger partial charge is 0.478 e. The van der Waals surface area contributed by atoms with Crippen molar-refractivity contribution in [3.8, 4) is 0 Å². The molecule has 114 valence electrons. The van der Waals surface area contributed by atoms with E-state index in [0.29, 0.717) is 6.54 Å². The van der Waals surface area contributed by atoms with Crippen LogP contribution in [-0.4, -0.2) is 40.3 Å². The molecule has 0 aliphatic carbocycles. The van der Waals surface area contributed by atoms with Gasteiger partial charge in [0.15, 0.2) is 0 Å². The molecule has 1 rings (SSSR count). The number of hydrogen-bond donors (Lipinski definition) is 3. The maximum atomic E-state index is 11.6. The van der Waals surface area contributed by atoms with Crippen LogP contribution in [0, 0.1) is 5.92 Å². The normalized spacial score (nSPS) is 10.2. The van der Waals surface area contributed by atoms with Crippen LogP contribution >= 0.6 is 11.8 Å². The fourth-order valence-electron chi connectivity index (χ4n) is 1.31. The lowest BCUT2D eigenvalue weighted by Crippen LogP contribution is -2.41. The van der Waals surface area contributed by atoms with Crippen molar-refractivity contribution in [1.29, 1.82) is 0 Å². The molecule has 0 unspecified atom stereocenters. The third-order valence-corrected chi connectivity index (χ3v) is 3.27. The molecular weight excluding hydrogens is 294 g/mol. The molecule has 3 amide bonds. The Hall–Kier alpha value is -2.09. The quantitative estimate of drug-likeness (QED) is 0.684. The van der Waals surface area contributed by atoms with Gasteiger partial charge in [0.1, 0.15) is 5.03 Å². The van der Waals surface area contributed by atoms with E-state index in [0.717, 1.165) is 11.8 Å². The van der Waals surface area contributed by atoms with Gasteiger partial charge in [0.2, 0.25) is 5.91 Å². The van der Waals surface area contributed by atoms with Crippen LogP contribution in [0.2, 0.25) is 0 Å². The van der Waals surface area contributed by atoms with E-state index >= 15 is 0 Å². The van der Waals surface area contributed by atoms with Crippen molar-refractivity contribution < 1.29 is 19.5 Å². The van der Waals surface area contributed by atoms with Crippen LogP contribution in [-0.2, 0) is 4.79 Å². The van der Waals surface area contributed by atoms with Gasteiger partial charge in [-0.15, -0.1) is 0 Å². The number of imide groups is 1. The molecule has 3 N–H and O–H groups in total. The van der Waals surface area contributed by atoms with E-state index in [1.807, 2.05) is 13.8 Å². The number of carboxylic acids is 1. The lowest BCUT2D eigenvalue weighted by Gasteiger charge is -2.08. The number of urea groups is 1. The average Bonchev–Trinajstić information content (AvgIpc) is 2.43. The highest BCUT2D eigenvalue weighted by Crippen LogP contribution is 2.19. The lowest BCUT2D eigenvalue weighted by atomic mass is 10.2. The van der Waals surface area contributed by atoms with Gasteiger partial charge in [-0.3, -0.25) is 10.1 Å². The van der Waals surface area contributed by atoms with Crippen LogP contribution in [0.3, 0.4) is 0 Å². The van der Waals surface area contributed by atoms with E-state index in [1.165, 1.54) is 18.3 Å². The molecule has 0 saturated carbocycles. The topological polar surface area (TPSA) is 108 Å². The summed E-state index contributed by atoms with van der Waals surface area (Å²) in [6.07, 6.45) is 1.45. The summed E-state index contributed by atoms with van der Waals surface area (Å²) >= 11 is 0.966. The Bertz CT molecular complexity index is 534. The van der Waals surface area contributed by atoms with E-state index < -0.39 is 17.9 Å². The summed E-state index contributed by atoms with van der Waals surface area (Å²) in [5.41, 5.74) is 0.0274. The summed E-state index contributed by atoms with van der Waals surface area (Å²) in [7, 11) is 0. The molecule has 0 saturated heterocycles. The number of aromatic nitrogens is 1. The number of thioether (sulfide) groups is 1. The molecule has 1 heterocycles. The van der Waals surface area contributed by atoms with E-state index in [4.69, 9.17) is 5.11 Å². The van der Waals surface area contributed by atoms with Crippen LogP contribution < -0.4 is 10.6 Å². The second-order valence-corrected chi connectivity index (χ2v) is 5.57. The SMILES string of the molecule is CC(C)CNC(=O)NC(=O)CSc1ncccc1C(=O)O. The third kappa shape index (κ3) is 6.26. The van der Waals surface area contributed by atoms with E-state index in [2.05, 4.69) is 15.6 Å². The number of rotatable bonds is 6. The first-order chi connectivity index (χ1) is 9.90. The molecular formula is C13H17N3O4S. The maximum absolute atomic E-state index is 11.6. The third-order valence-electron chi connectivity index (χ3n) is 2.27. The standard InChI is InChI=1S/C13H17N3O4S/c1-8(2)6-15-13(20)16-10(17)7-21-11-9(12(18)19)4-3-5-14-11/h3-5,8H,6-7H2,1-2H3,(H,18,19)(H2,15,16,17,20). The first-order valence-electron chi connectivity index (χ1n) is 6.29. The number of carboxylic acid groups (broad SMARTS) is 1. The van der Waals surface area contributed by atoms with Crippen LogP contribution in [0.5, 0.6) is 0 Å². The van der Waals surface area contributed by atoms with Crippen molar-refractivity contribution in [2.75, 3.05) is 12.3 Å². The Kier molecular flexibility index (Phi) is 6.67. The Labute approximate surface area is 126 Å². The second kappa shape index (κ2) is 8.25. The number of carbonyl (C=O) groups excluding carboxylic acids is 2. The summed E-state index contributed by atoms with van der Waals surface area (Å²) in [6, 6.07) is 2.35. The fourth-order valence-corrected chi connectivity index (χ4v) is 2.09. The van der Waals surface area contributed by atoms with Gasteiger partial charge in [0, 0.05) is 12.7 Å². The predicted octanol–water partition coefficient (Wildman–Crippen LogP) is 1.35. The molecule has 1 aromatic heterocycles. The van der Waals surface area contributed by atoms with Gasteiger partial charge in [0.05, 0.1) is 11.3 Å². The summed E-state index contributed by atoms with van der Waals surface area (Å²) in [6.45, 7) is 4.34.